The van der Waals surface area contributed by atoms with Gasteiger partial charge in [-0.05, 0) is 19.2 Å². The Morgan fingerprint density at radius 2 is 1.68 bits per heavy atom. The van der Waals surface area contributed by atoms with E-state index < -0.39 is 11.6 Å². The topological polar surface area (TPSA) is 23.6 Å². The second-order valence-electron chi connectivity index (χ2n) is 4.22. The fourth-order valence-electron chi connectivity index (χ4n) is 1.84. The van der Waals surface area contributed by atoms with Crippen molar-refractivity contribution in [2.75, 3.05) is 33.2 Å². The monoisotopic (exact) mass is 270 g/mol. The van der Waals surface area contributed by atoms with Gasteiger partial charge in [-0.25, -0.2) is 8.78 Å². The third-order valence-electron chi connectivity index (χ3n) is 2.95. The Hall–Kier alpha value is -1.49. The average Bonchev–Trinajstić information content (AvgIpc) is 2.41. The molecule has 0 atom stereocenters. The molecule has 1 aromatic rings. The fourth-order valence-corrected chi connectivity index (χ4v) is 1.84. The van der Waals surface area contributed by atoms with E-state index in [9.17, 15) is 13.6 Å². The van der Waals surface area contributed by atoms with Gasteiger partial charge < -0.3 is 9.80 Å². The Bertz CT molecular complexity index is 429. The smallest absolute Gasteiger partial charge is 0.256 e. The highest BCUT2D eigenvalue weighted by Gasteiger charge is 2.22. The molecule has 0 bridgehead atoms. The summed E-state index contributed by atoms with van der Waals surface area (Å²) in [5, 5.41) is 0. The van der Waals surface area contributed by atoms with Crippen molar-refractivity contribution in [3.05, 3.63) is 35.4 Å². The number of carbonyl (C=O) groups is 1. The second kappa shape index (κ2) is 7.19. The summed E-state index contributed by atoms with van der Waals surface area (Å²) in [7, 11) is 1.97. The largest absolute Gasteiger partial charge is 0.336 e. The number of piperazine rings is 1. The van der Waals surface area contributed by atoms with Gasteiger partial charge in [-0.3, -0.25) is 4.79 Å². The van der Waals surface area contributed by atoms with E-state index in [-0.39, 0.29) is 11.5 Å². The quantitative estimate of drug-likeness (QED) is 0.782. The maximum Gasteiger partial charge on any atom is 0.256 e. The van der Waals surface area contributed by atoms with Crippen LogP contribution in [0.1, 0.15) is 24.2 Å². The van der Waals surface area contributed by atoms with Crippen molar-refractivity contribution in [1.82, 2.24) is 9.80 Å². The van der Waals surface area contributed by atoms with Gasteiger partial charge >= 0.3 is 0 Å². The number of hydrogen-bond acceptors (Lipinski definition) is 2. The van der Waals surface area contributed by atoms with Gasteiger partial charge in [-0.2, -0.15) is 0 Å². The average molecular weight is 270 g/mol. The summed E-state index contributed by atoms with van der Waals surface area (Å²) >= 11 is 0. The summed E-state index contributed by atoms with van der Waals surface area (Å²) in [5.74, 6) is -1.83. The lowest BCUT2D eigenvalue weighted by Gasteiger charge is -2.32. The molecule has 1 aliphatic heterocycles. The molecule has 1 heterocycles. The highest BCUT2D eigenvalue weighted by molar-refractivity contribution is 5.94. The number of halogens is 2. The van der Waals surface area contributed by atoms with Crippen LogP contribution in [-0.2, 0) is 0 Å². The molecule has 1 aliphatic rings. The van der Waals surface area contributed by atoms with E-state index in [1.165, 1.54) is 6.07 Å². The van der Waals surface area contributed by atoms with Crippen molar-refractivity contribution in [2.24, 2.45) is 0 Å². The number of hydrogen-bond donors (Lipinski definition) is 0. The number of rotatable bonds is 1. The van der Waals surface area contributed by atoms with E-state index in [0.29, 0.717) is 13.1 Å². The molecule has 0 unspecified atom stereocenters. The Balaban J connectivity index is 0.000000861. The number of carbonyl (C=O) groups excluding carboxylic acids is 1. The summed E-state index contributed by atoms with van der Waals surface area (Å²) in [5.41, 5.74) is -0.0593. The lowest BCUT2D eigenvalue weighted by Crippen LogP contribution is -2.47. The maximum atomic E-state index is 13.4. The van der Waals surface area contributed by atoms with Gasteiger partial charge in [0.05, 0.1) is 5.56 Å². The van der Waals surface area contributed by atoms with Gasteiger partial charge in [0.2, 0.25) is 0 Å². The standard InChI is InChI=1S/C12H14F2N2O.C2H6/c1-15-4-6-16(7-5-15)12(17)10-3-2-9(13)8-11(10)14;1-2/h2-3,8H,4-7H2,1H3;1-2H3. The van der Waals surface area contributed by atoms with E-state index in [1.54, 1.807) is 4.90 Å². The van der Waals surface area contributed by atoms with Crippen molar-refractivity contribution in [3.8, 4) is 0 Å². The van der Waals surface area contributed by atoms with Gasteiger partial charge in [0.25, 0.3) is 5.91 Å². The number of likely N-dealkylation sites (N-methyl/N-ethyl adjacent to an activating group) is 1. The molecule has 5 heteroatoms. The maximum absolute atomic E-state index is 13.4. The number of amides is 1. The normalized spacial score (nSPS) is 15.7. The molecule has 106 valence electrons. The van der Waals surface area contributed by atoms with Crippen LogP contribution in [0.2, 0.25) is 0 Å². The Morgan fingerprint density at radius 1 is 1.11 bits per heavy atom. The molecule has 3 nitrogen and oxygen atoms in total. The first kappa shape index (κ1) is 15.6. The van der Waals surface area contributed by atoms with Crippen molar-refractivity contribution in [2.45, 2.75) is 13.8 Å². The van der Waals surface area contributed by atoms with Crippen LogP contribution in [0, 0.1) is 11.6 Å². The molecular weight excluding hydrogens is 250 g/mol. The highest BCUT2D eigenvalue weighted by Crippen LogP contribution is 2.13. The Labute approximate surface area is 112 Å². The van der Waals surface area contributed by atoms with Crippen molar-refractivity contribution in [3.63, 3.8) is 0 Å². The molecule has 2 rings (SSSR count). The van der Waals surface area contributed by atoms with Crippen LogP contribution in [0.5, 0.6) is 0 Å². The van der Waals surface area contributed by atoms with Crippen molar-refractivity contribution < 1.29 is 13.6 Å². The highest BCUT2D eigenvalue weighted by atomic mass is 19.1. The number of benzene rings is 1. The van der Waals surface area contributed by atoms with Crippen molar-refractivity contribution >= 4 is 5.91 Å². The van der Waals surface area contributed by atoms with Crippen LogP contribution >= 0.6 is 0 Å². The SMILES string of the molecule is CC.CN1CCN(C(=O)c2ccc(F)cc2F)CC1. The van der Waals surface area contributed by atoms with Crippen LogP contribution in [-0.4, -0.2) is 48.9 Å². The minimum Gasteiger partial charge on any atom is -0.336 e. The van der Waals surface area contributed by atoms with Crippen LogP contribution < -0.4 is 0 Å². The second-order valence-corrected chi connectivity index (χ2v) is 4.22. The molecular formula is C14H20F2N2O. The molecule has 0 aromatic heterocycles. The zero-order chi connectivity index (χ0) is 14.4. The molecule has 19 heavy (non-hydrogen) atoms. The Kier molecular flexibility index (Phi) is 5.89. The zero-order valence-corrected chi connectivity index (χ0v) is 11.6. The van der Waals surface area contributed by atoms with E-state index in [4.69, 9.17) is 0 Å². The fraction of sp³-hybridized carbons (Fsp3) is 0.500. The van der Waals surface area contributed by atoms with Crippen molar-refractivity contribution in [1.29, 1.82) is 0 Å². The lowest BCUT2D eigenvalue weighted by molar-refractivity contribution is 0.0659. The van der Waals surface area contributed by atoms with Crippen LogP contribution in [0.3, 0.4) is 0 Å². The first-order valence-electron chi connectivity index (χ1n) is 6.51. The van der Waals surface area contributed by atoms with Gasteiger partial charge in [0, 0.05) is 32.2 Å². The van der Waals surface area contributed by atoms with Crippen LogP contribution in [0.25, 0.3) is 0 Å². The summed E-state index contributed by atoms with van der Waals surface area (Å²) in [4.78, 5) is 15.7. The third-order valence-corrected chi connectivity index (χ3v) is 2.95. The molecule has 1 amide bonds. The van der Waals surface area contributed by atoms with E-state index >= 15 is 0 Å². The summed E-state index contributed by atoms with van der Waals surface area (Å²) in [6.45, 7) is 6.70. The first-order chi connectivity index (χ1) is 9.08. The number of nitrogens with zero attached hydrogens (tertiary/aromatic N) is 2. The molecule has 0 aliphatic carbocycles. The molecule has 1 saturated heterocycles. The molecule has 0 spiro atoms. The predicted molar refractivity (Wildman–Crippen MR) is 71.1 cm³/mol. The first-order valence-corrected chi connectivity index (χ1v) is 6.51. The minimum atomic E-state index is -0.797. The van der Waals surface area contributed by atoms with Gasteiger partial charge in [-0.15, -0.1) is 0 Å². The predicted octanol–water partition coefficient (Wildman–Crippen LogP) is 2.38. The van der Waals surface area contributed by atoms with Crippen LogP contribution in [0.4, 0.5) is 8.78 Å². The van der Waals surface area contributed by atoms with Gasteiger partial charge in [-0.1, -0.05) is 13.8 Å². The van der Waals surface area contributed by atoms with Crippen LogP contribution in [0.15, 0.2) is 18.2 Å². The molecule has 1 fully saturated rings. The lowest BCUT2D eigenvalue weighted by atomic mass is 10.1. The van der Waals surface area contributed by atoms with E-state index in [0.717, 1.165) is 25.2 Å². The zero-order valence-electron chi connectivity index (χ0n) is 11.6. The molecule has 0 radical (unpaired) electrons. The molecule has 0 N–H and O–H groups in total. The van der Waals surface area contributed by atoms with Gasteiger partial charge in [0.1, 0.15) is 11.6 Å². The molecule has 1 aromatic carbocycles. The third kappa shape index (κ3) is 3.99. The summed E-state index contributed by atoms with van der Waals surface area (Å²) < 4.78 is 26.2. The van der Waals surface area contributed by atoms with E-state index in [1.807, 2.05) is 20.9 Å². The molecule has 0 saturated carbocycles. The Morgan fingerprint density at radius 3 is 2.21 bits per heavy atom. The minimum absolute atomic E-state index is 0.0593. The summed E-state index contributed by atoms with van der Waals surface area (Å²) in [6, 6.07) is 3.04. The summed E-state index contributed by atoms with van der Waals surface area (Å²) in [6.07, 6.45) is 0. The van der Waals surface area contributed by atoms with E-state index in [2.05, 4.69) is 4.90 Å². The van der Waals surface area contributed by atoms with Gasteiger partial charge in [0.15, 0.2) is 0 Å².